The van der Waals surface area contributed by atoms with Crippen LogP contribution in [-0.2, 0) is 11.3 Å². The van der Waals surface area contributed by atoms with Crippen LogP contribution in [0.4, 0.5) is 0 Å². The highest BCUT2D eigenvalue weighted by atomic mass is 16.2. The van der Waals surface area contributed by atoms with Gasteiger partial charge in [0.2, 0.25) is 5.91 Å². The Morgan fingerprint density at radius 3 is 2.44 bits per heavy atom. The molecule has 0 radical (unpaired) electrons. The number of carbonyl (C=O) groups excluding carboxylic acids is 2. The smallest absolute Gasteiger partial charge is 0.337 e. The number of likely N-dealkylation sites (tertiary alicyclic amines) is 1. The maximum absolute atomic E-state index is 13.6. The number of nitrogens with zero attached hydrogens (tertiary/aromatic N) is 4. The molecule has 1 N–H and O–H groups in total. The summed E-state index contributed by atoms with van der Waals surface area (Å²) in [5.41, 5.74) is -0.0447. The molecular formula is C25H29N5O4. The van der Waals surface area contributed by atoms with E-state index in [1.165, 1.54) is 4.57 Å². The van der Waals surface area contributed by atoms with Gasteiger partial charge in [0.1, 0.15) is 6.54 Å². The van der Waals surface area contributed by atoms with Gasteiger partial charge in [-0.15, -0.1) is 0 Å². The fraction of sp³-hybridized carbons (Fsp3) is 0.400. The van der Waals surface area contributed by atoms with E-state index >= 15 is 0 Å². The number of hydrogen-bond acceptors (Lipinski definition) is 5. The molecule has 34 heavy (non-hydrogen) atoms. The largest absolute Gasteiger partial charge is 0.352 e. The fourth-order valence-electron chi connectivity index (χ4n) is 4.24. The molecule has 9 nitrogen and oxygen atoms in total. The summed E-state index contributed by atoms with van der Waals surface area (Å²) in [5.74, 6) is -0.709. The van der Waals surface area contributed by atoms with Gasteiger partial charge in [0.05, 0.1) is 16.6 Å². The van der Waals surface area contributed by atoms with E-state index < -0.39 is 23.7 Å². The third-order valence-electron chi connectivity index (χ3n) is 6.18. The number of nitrogens with one attached hydrogen (secondary N) is 1. The Morgan fingerprint density at radius 2 is 1.79 bits per heavy atom. The van der Waals surface area contributed by atoms with Crippen LogP contribution in [0.15, 0.2) is 46.0 Å². The zero-order valence-corrected chi connectivity index (χ0v) is 19.7. The van der Waals surface area contributed by atoms with Crippen LogP contribution in [0.3, 0.4) is 0 Å². The number of amides is 2. The van der Waals surface area contributed by atoms with Gasteiger partial charge in [-0.2, -0.15) is 0 Å². The van der Waals surface area contributed by atoms with E-state index in [-0.39, 0.29) is 28.5 Å². The third-order valence-corrected chi connectivity index (χ3v) is 6.18. The number of aryl methyl sites for hydroxylation is 1. The van der Waals surface area contributed by atoms with Crippen LogP contribution >= 0.6 is 0 Å². The van der Waals surface area contributed by atoms with Gasteiger partial charge in [0.15, 0.2) is 5.65 Å². The minimum atomic E-state index is -0.693. The number of aromatic nitrogens is 3. The molecule has 9 heteroatoms. The summed E-state index contributed by atoms with van der Waals surface area (Å²) >= 11 is 0. The molecule has 0 aliphatic carbocycles. The molecule has 0 saturated carbocycles. The second kappa shape index (κ2) is 9.62. The zero-order chi connectivity index (χ0) is 24.4. The average molecular weight is 464 g/mol. The van der Waals surface area contributed by atoms with Crippen LogP contribution in [0.2, 0.25) is 0 Å². The zero-order valence-electron chi connectivity index (χ0n) is 19.7. The first kappa shape index (κ1) is 23.4. The molecule has 4 rings (SSSR count). The molecular weight excluding hydrogens is 434 g/mol. The van der Waals surface area contributed by atoms with Gasteiger partial charge in [-0.25, -0.2) is 18.9 Å². The van der Waals surface area contributed by atoms with Crippen molar-refractivity contribution in [1.82, 2.24) is 24.3 Å². The van der Waals surface area contributed by atoms with Gasteiger partial charge in [0.25, 0.3) is 11.5 Å². The third kappa shape index (κ3) is 4.37. The standard InChI is InChI=1S/C25H29N5O4/c1-4-16(2)26-20(31)15-29-24(33)21-19(23(32)28-12-8-9-13-28)14-17(3)27-22(21)30(25(29)34)18-10-6-5-7-11-18/h5-7,10-11,14,16H,4,8-9,12-13,15H2,1-3H3,(H,26,31)/t16-/m0/s1. The van der Waals surface area contributed by atoms with Crippen molar-refractivity contribution in [1.29, 1.82) is 0 Å². The fourth-order valence-corrected chi connectivity index (χ4v) is 4.24. The lowest BCUT2D eigenvalue weighted by Crippen LogP contribution is -2.45. The van der Waals surface area contributed by atoms with Crippen LogP contribution in [0.1, 0.15) is 49.2 Å². The lowest BCUT2D eigenvalue weighted by atomic mass is 10.1. The first-order valence-electron chi connectivity index (χ1n) is 11.6. The number of hydrogen-bond donors (Lipinski definition) is 1. The summed E-state index contributed by atoms with van der Waals surface area (Å²) in [6.07, 6.45) is 2.52. The second-order valence-electron chi connectivity index (χ2n) is 8.73. The van der Waals surface area contributed by atoms with E-state index in [0.29, 0.717) is 30.9 Å². The highest BCUT2D eigenvalue weighted by Crippen LogP contribution is 2.21. The average Bonchev–Trinajstić information content (AvgIpc) is 3.36. The Labute approximate surface area is 197 Å². The SMILES string of the molecule is CC[C@H](C)NC(=O)Cn1c(=O)c2c(C(=O)N3CCCC3)cc(C)nc2n(-c2ccccc2)c1=O. The normalized spacial score (nSPS) is 14.4. The quantitative estimate of drug-likeness (QED) is 0.602. The van der Waals surface area contributed by atoms with Gasteiger partial charge in [0, 0.05) is 24.8 Å². The molecule has 2 amide bonds. The lowest BCUT2D eigenvalue weighted by Gasteiger charge is -2.19. The molecule has 1 aliphatic rings. The first-order valence-corrected chi connectivity index (χ1v) is 11.6. The molecule has 3 aromatic rings. The van der Waals surface area contributed by atoms with E-state index in [1.807, 2.05) is 19.9 Å². The molecule has 1 atom stereocenters. The van der Waals surface area contributed by atoms with Crippen LogP contribution in [0.25, 0.3) is 16.7 Å². The van der Waals surface area contributed by atoms with E-state index in [0.717, 1.165) is 17.4 Å². The summed E-state index contributed by atoms with van der Waals surface area (Å²) in [6.45, 7) is 6.29. The first-order chi connectivity index (χ1) is 16.3. The summed E-state index contributed by atoms with van der Waals surface area (Å²) in [6, 6.07) is 10.3. The van der Waals surface area contributed by atoms with Crippen molar-refractivity contribution in [2.75, 3.05) is 13.1 Å². The summed E-state index contributed by atoms with van der Waals surface area (Å²) in [5, 5.41) is 2.84. The number of rotatable bonds is 6. The Morgan fingerprint density at radius 1 is 1.12 bits per heavy atom. The second-order valence-corrected chi connectivity index (χ2v) is 8.73. The monoisotopic (exact) mass is 463 g/mol. The Kier molecular flexibility index (Phi) is 6.63. The van der Waals surface area contributed by atoms with Crippen molar-refractivity contribution in [3.8, 4) is 5.69 Å². The Balaban J connectivity index is 2.01. The van der Waals surface area contributed by atoms with Crippen LogP contribution in [0, 0.1) is 6.92 Å². The Bertz CT molecular complexity index is 1350. The molecule has 0 spiro atoms. The molecule has 3 heterocycles. The van der Waals surface area contributed by atoms with Gasteiger partial charge >= 0.3 is 5.69 Å². The molecule has 1 aliphatic heterocycles. The van der Waals surface area contributed by atoms with Crippen molar-refractivity contribution in [3.05, 3.63) is 68.5 Å². The number of benzene rings is 1. The van der Waals surface area contributed by atoms with Crippen LogP contribution < -0.4 is 16.6 Å². The molecule has 0 unspecified atom stereocenters. The highest BCUT2D eigenvalue weighted by molar-refractivity contribution is 6.05. The predicted molar refractivity (Wildman–Crippen MR) is 129 cm³/mol. The number of pyridine rings is 1. The van der Waals surface area contributed by atoms with Gasteiger partial charge in [-0.05, 0) is 51.3 Å². The van der Waals surface area contributed by atoms with Crippen molar-refractivity contribution in [2.24, 2.45) is 0 Å². The predicted octanol–water partition coefficient (Wildman–Crippen LogP) is 2.01. The van der Waals surface area contributed by atoms with E-state index in [4.69, 9.17) is 0 Å². The van der Waals surface area contributed by atoms with Crippen LogP contribution in [-0.4, -0.2) is 50.0 Å². The maximum Gasteiger partial charge on any atom is 0.337 e. The summed E-state index contributed by atoms with van der Waals surface area (Å²) in [7, 11) is 0. The van der Waals surface area contributed by atoms with E-state index in [1.54, 1.807) is 42.2 Å². The van der Waals surface area contributed by atoms with E-state index in [2.05, 4.69) is 10.3 Å². The molecule has 2 aromatic heterocycles. The maximum atomic E-state index is 13.6. The lowest BCUT2D eigenvalue weighted by molar-refractivity contribution is -0.122. The highest BCUT2D eigenvalue weighted by Gasteiger charge is 2.27. The van der Waals surface area contributed by atoms with Crippen molar-refractivity contribution >= 4 is 22.8 Å². The minimum absolute atomic E-state index is 0.0438. The molecule has 178 valence electrons. The summed E-state index contributed by atoms with van der Waals surface area (Å²) in [4.78, 5) is 59.4. The van der Waals surface area contributed by atoms with Crippen LogP contribution in [0.5, 0.6) is 0 Å². The van der Waals surface area contributed by atoms with E-state index in [9.17, 15) is 19.2 Å². The van der Waals surface area contributed by atoms with Gasteiger partial charge in [-0.3, -0.25) is 14.4 Å². The molecule has 0 bridgehead atoms. The minimum Gasteiger partial charge on any atom is -0.352 e. The number of carbonyl (C=O) groups is 2. The van der Waals surface area contributed by atoms with Gasteiger partial charge < -0.3 is 10.2 Å². The Hall–Kier alpha value is -3.75. The van der Waals surface area contributed by atoms with Crippen molar-refractivity contribution in [2.45, 2.75) is 52.6 Å². The summed E-state index contributed by atoms with van der Waals surface area (Å²) < 4.78 is 2.20. The van der Waals surface area contributed by atoms with Gasteiger partial charge in [-0.1, -0.05) is 25.1 Å². The number of para-hydroxylation sites is 1. The van der Waals surface area contributed by atoms with Crippen molar-refractivity contribution < 1.29 is 9.59 Å². The molecule has 1 aromatic carbocycles. The van der Waals surface area contributed by atoms with Crippen molar-refractivity contribution in [3.63, 3.8) is 0 Å². The molecule has 1 fully saturated rings. The molecule has 1 saturated heterocycles. The topological polar surface area (TPSA) is 106 Å². The number of fused-ring (bicyclic) bond motifs is 1.